The highest BCUT2D eigenvalue weighted by atomic mass is 16.3. The normalized spacial score (nSPS) is 12.7. The molecule has 0 spiro atoms. The van der Waals surface area contributed by atoms with Crippen LogP contribution in [0.1, 0.15) is 25.5 Å². The number of oxazole rings is 1. The van der Waals surface area contributed by atoms with Gasteiger partial charge in [-0.05, 0) is 37.3 Å². The zero-order valence-electron chi connectivity index (χ0n) is 11.7. The van der Waals surface area contributed by atoms with E-state index in [1.807, 2.05) is 37.3 Å². The van der Waals surface area contributed by atoms with Crippen LogP contribution >= 0.6 is 0 Å². The van der Waals surface area contributed by atoms with Crippen molar-refractivity contribution in [3.8, 4) is 0 Å². The fourth-order valence-corrected chi connectivity index (χ4v) is 2.28. The molecule has 0 bridgehead atoms. The third kappa shape index (κ3) is 2.69. The van der Waals surface area contributed by atoms with Crippen LogP contribution < -0.4 is 5.32 Å². The lowest BCUT2D eigenvalue weighted by Gasteiger charge is -2.13. The Morgan fingerprint density at radius 3 is 2.95 bits per heavy atom. The van der Waals surface area contributed by atoms with Crippen molar-refractivity contribution in [3.63, 3.8) is 0 Å². The van der Waals surface area contributed by atoms with E-state index in [2.05, 4.69) is 17.2 Å². The van der Waals surface area contributed by atoms with Gasteiger partial charge in [-0.15, -0.1) is 0 Å². The molecule has 0 aliphatic carbocycles. The maximum Gasteiger partial charge on any atom is 0.195 e. The minimum atomic E-state index is 0.288. The Kier molecular flexibility index (Phi) is 3.46. The van der Waals surface area contributed by atoms with Gasteiger partial charge < -0.3 is 14.2 Å². The number of aryl methyl sites for hydroxylation is 1. The van der Waals surface area contributed by atoms with Gasteiger partial charge in [0, 0.05) is 24.6 Å². The molecule has 1 N–H and O–H groups in total. The zero-order valence-corrected chi connectivity index (χ0v) is 11.7. The Balaban J connectivity index is 1.73. The van der Waals surface area contributed by atoms with Gasteiger partial charge in [-0.25, -0.2) is 4.98 Å². The quantitative estimate of drug-likeness (QED) is 0.760. The van der Waals surface area contributed by atoms with Crippen molar-refractivity contribution >= 4 is 16.8 Å². The van der Waals surface area contributed by atoms with Gasteiger partial charge in [0.25, 0.3) is 0 Å². The highest BCUT2D eigenvalue weighted by molar-refractivity contribution is 5.77. The van der Waals surface area contributed by atoms with Gasteiger partial charge in [-0.3, -0.25) is 0 Å². The highest BCUT2D eigenvalue weighted by Gasteiger charge is 2.08. The minimum absolute atomic E-state index is 0.288. The molecule has 0 saturated heterocycles. The van der Waals surface area contributed by atoms with E-state index in [1.165, 1.54) is 0 Å². The van der Waals surface area contributed by atoms with Gasteiger partial charge in [0.2, 0.25) is 0 Å². The van der Waals surface area contributed by atoms with E-state index < -0.39 is 0 Å². The van der Waals surface area contributed by atoms with Gasteiger partial charge in [0.05, 0.1) is 6.26 Å². The molecule has 3 rings (SSSR count). The summed E-state index contributed by atoms with van der Waals surface area (Å²) in [6.45, 7) is 4.17. The van der Waals surface area contributed by atoms with Crippen molar-refractivity contribution in [2.75, 3.05) is 5.32 Å². The van der Waals surface area contributed by atoms with E-state index in [-0.39, 0.29) is 6.04 Å². The van der Waals surface area contributed by atoms with Gasteiger partial charge in [0.15, 0.2) is 11.5 Å². The molecule has 20 heavy (non-hydrogen) atoms. The molecule has 1 aromatic carbocycles. The molecule has 0 amide bonds. The molecular weight excluding hydrogens is 252 g/mol. The number of fused-ring (bicyclic) bond motifs is 1. The van der Waals surface area contributed by atoms with E-state index in [4.69, 9.17) is 8.83 Å². The number of nitrogens with zero attached hydrogens (tertiary/aromatic N) is 1. The number of nitrogens with one attached hydrogen (secondary N) is 1. The molecular formula is C16H18N2O2. The van der Waals surface area contributed by atoms with Crippen LogP contribution in [0.4, 0.5) is 5.69 Å². The fourth-order valence-electron chi connectivity index (χ4n) is 2.28. The van der Waals surface area contributed by atoms with Crippen molar-refractivity contribution in [3.05, 3.63) is 48.2 Å². The molecule has 0 aliphatic heterocycles. The van der Waals surface area contributed by atoms with Crippen LogP contribution in [0, 0.1) is 0 Å². The Hall–Kier alpha value is -2.23. The minimum Gasteiger partial charge on any atom is -0.469 e. The number of rotatable bonds is 5. The summed E-state index contributed by atoms with van der Waals surface area (Å²) in [6.07, 6.45) is 3.37. The van der Waals surface area contributed by atoms with E-state index >= 15 is 0 Å². The summed E-state index contributed by atoms with van der Waals surface area (Å²) in [5.74, 6) is 1.77. The number of hydrogen-bond acceptors (Lipinski definition) is 4. The second-order valence-corrected chi connectivity index (χ2v) is 4.97. The molecule has 1 atom stereocenters. The summed E-state index contributed by atoms with van der Waals surface area (Å²) in [5, 5.41) is 3.46. The number of furan rings is 1. The molecule has 0 aliphatic rings. The van der Waals surface area contributed by atoms with E-state index in [9.17, 15) is 0 Å². The van der Waals surface area contributed by atoms with Gasteiger partial charge in [-0.1, -0.05) is 6.92 Å². The van der Waals surface area contributed by atoms with Crippen molar-refractivity contribution < 1.29 is 8.83 Å². The molecule has 3 aromatic rings. The number of hydrogen-bond donors (Lipinski definition) is 1. The van der Waals surface area contributed by atoms with Crippen LogP contribution in [0.3, 0.4) is 0 Å². The average Bonchev–Trinajstić information content (AvgIpc) is 3.06. The lowest BCUT2D eigenvalue weighted by Crippen LogP contribution is -2.17. The summed E-state index contributed by atoms with van der Waals surface area (Å²) in [7, 11) is 0. The summed E-state index contributed by atoms with van der Waals surface area (Å²) in [6, 6.07) is 10.2. The second-order valence-electron chi connectivity index (χ2n) is 4.97. The first-order valence-corrected chi connectivity index (χ1v) is 6.93. The standard InChI is InChI=1S/C16H18N2O2/c1-3-16-18-14-10-12(6-7-15(14)20-16)17-11(2)9-13-5-4-8-19-13/h4-8,10-11,17H,3,9H2,1-2H3. The molecule has 0 radical (unpaired) electrons. The van der Waals surface area contributed by atoms with E-state index in [0.717, 1.165) is 41.3 Å². The predicted molar refractivity (Wildman–Crippen MR) is 78.9 cm³/mol. The van der Waals surface area contributed by atoms with Crippen molar-refractivity contribution in [1.29, 1.82) is 0 Å². The summed E-state index contributed by atoms with van der Waals surface area (Å²) >= 11 is 0. The molecule has 0 fully saturated rings. The second kappa shape index (κ2) is 5.41. The van der Waals surface area contributed by atoms with Crippen LogP contribution in [-0.4, -0.2) is 11.0 Å². The molecule has 2 heterocycles. The molecule has 2 aromatic heterocycles. The van der Waals surface area contributed by atoms with Gasteiger partial charge in [-0.2, -0.15) is 0 Å². The Labute approximate surface area is 117 Å². The van der Waals surface area contributed by atoms with Crippen LogP contribution in [0.2, 0.25) is 0 Å². The van der Waals surface area contributed by atoms with E-state index in [0.29, 0.717) is 0 Å². The lowest BCUT2D eigenvalue weighted by molar-refractivity contribution is 0.498. The smallest absolute Gasteiger partial charge is 0.195 e. The number of benzene rings is 1. The zero-order chi connectivity index (χ0) is 13.9. The maximum absolute atomic E-state index is 5.61. The van der Waals surface area contributed by atoms with Crippen LogP contribution in [0.15, 0.2) is 45.4 Å². The number of anilines is 1. The average molecular weight is 270 g/mol. The molecule has 1 unspecified atom stereocenters. The monoisotopic (exact) mass is 270 g/mol. The van der Waals surface area contributed by atoms with Gasteiger partial charge in [0.1, 0.15) is 11.3 Å². The SMILES string of the molecule is CCc1nc2cc(NC(C)Cc3ccco3)ccc2o1. The van der Waals surface area contributed by atoms with Crippen molar-refractivity contribution in [1.82, 2.24) is 4.98 Å². The summed E-state index contributed by atoms with van der Waals surface area (Å²) in [4.78, 5) is 4.45. The Morgan fingerprint density at radius 2 is 2.20 bits per heavy atom. The summed E-state index contributed by atoms with van der Waals surface area (Å²) < 4.78 is 11.0. The third-order valence-electron chi connectivity index (χ3n) is 3.23. The first-order valence-electron chi connectivity index (χ1n) is 6.93. The molecule has 104 valence electrons. The fraction of sp³-hybridized carbons (Fsp3) is 0.312. The van der Waals surface area contributed by atoms with E-state index in [1.54, 1.807) is 6.26 Å². The molecule has 4 heteroatoms. The Bertz CT molecular complexity index is 686. The lowest BCUT2D eigenvalue weighted by atomic mass is 10.2. The van der Waals surface area contributed by atoms with Crippen LogP contribution in [-0.2, 0) is 12.8 Å². The van der Waals surface area contributed by atoms with Crippen molar-refractivity contribution in [2.24, 2.45) is 0 Å². The first kappa shape index (κ1) is 12.8. The molecule has 0 saturated carbocycles. The maximum atomic E-state index is 5.61. The predicted octanol–water partition coefficient (Wildman–Crippen LogP) is 4.03. The summed E-state index contributed by atoms with van der Waals surface area (Å²) in [5.41, 5.74) is 2.79. The first-order chi connectivity index (χ1) is 9.74. The highest BCUT2D eigenvalue weighted by Crippen LogP contribution is 2.21. The number of aromatic nitrogens is 1. The van der Waals surface area contributed by atoms with Crippen molar-refractivity contribution in [2.45, 2.75) is 32.7 Å². The van der Waals surface area contributed by atoms with Gasteiger partial charge >= 0.3 is 0 Å². The molecule has 4 nitrogen and oxygen atoms in total. The largest absolute Gasteiger partial charge is 0.469 e. The third-order valence-corrected chi connectivity index (χ3v) is 3.23. The van der Waals surface area contributed by atoms with Crippen LogP contribution in [0.25, 0.3) is 11.1 Å². The topological polar surface area (TPSA) is 51.2 Å². The van der Waals surface area contributed by atoms with Crippen LogP contribution in [0.5, 0.6) is 0 Å². The Morgan fingerprint density at radius 1 is 1.30 bits per heavy atom.